The number of aliphatic hydroxyl groups excluding tert-OH is 1. The number of nitrogens with zero attached hydrogens (tertiary/aromatic N) is 1. The molecule has 3 aliphatic heterocycles. The average molecular weight is 305 g/mol. The Hall–Kier alpha value is -1.79. The van der Waals surface area contributed by atoms with Crippen molar-refractivity contribution in [3.63, 3.8) is 0 Å². The first-order chi connectivity index (χ1) is 10.7. The normalized spacial score (nSPS) is 29.5. The Morgan fingerprint density at radius 2 is 2.14 bits per heavy atom. The summed E-state index contributed by atoms with van der Waals surface area (Å²) in [4.78, 5) is 14.5. The van der Waals surface area contributed by atoms with Crippen LogP contribution in [0.2, 0.25) is 0 Å². The maximum absolute atomic E-state index is 12.7. The van der Waals surface area contributed by atoms with Gasteiger partial charge in [-0.3, -0.25) is 4.79 Å². The Bertz CT molecular complexity index is 604. The van der Waals surface area contributed by atoms with Crippen molar-refractivity contribution in [1.82, 2.24) is 4.90 Å². The van der Waals surface area contributed by atoms with Crippen LogP contribution in [0.5, 0.6) is 11.5 Å². The molecule has 6 heteroatoms. The molecule has 0 spiro atoms. The van der Waals surface area contributed by atoms with Gasteiger partial charge in [-0.2, -0.15) is 0 Å². The number of aliphatic hydroxyl groups is 1. The number of likely N-dealkylation sites (tertiary alicyclic amines) is 1. The number of carbonyl (C=O) groups is 1. The van der Waals surface area contributed by atoms with E-state index >= 15 is 0 Å². The molecular weight excluding hydrogens is 286 g/mol. The van der Waals surface area contributed by atoms with Crippen molar-refractivity contribution in [2.45, 2.75) is 0 Å². The summed E-state index contributed by atoms with van der Waals surface area (Å²) < 4.78 is 16.5. The molecule has 3 aliphatic rings. The summed E-state index contributed by atoms with van der Waals surface area (Å²) >= 11 is 0. The summed E-state index contributed by atoms with van der Waals surface area (Å²) in [5, 5.41) is 9.70. The highest BCUT2D eigenvalue weighted by atomic mass is 16.6. The van der Waals surface area contributed by atoms with E-state index in [4.69, 9.17) is 14.2 Å². The second kappa shape index (κ2) is 5.14. The van der Waals surface area contributed by atoms with Crippen molar-refractivity contribution in [3.8, 4) is 11.5 Å². The van der Waals surface area contributed by atoms with E-state index in [1.807, 2.05) is 4.90 Å². The number of amides is 1. The van der Waals surface area contributed by atoms with Crippen LogP contribution in [-0.2, 0) is 4.74 Å². The van der Waals surface area contributed by atoms with Crippen LogP contribution >= 0.6 is 0 Å². The summed E-state index contributed by atoms with van der Waals surface area (Å²) in [5.74, 6) is 1.50. The van der Waals surface area contributed by atoms with Crippen molar-refractivity contribution in [1.29, 1.82) is 0 Å². The standard InChI is InChI=1S/C16H19NO5/c18-9-16-8-17(6-12(16)7-20-10-16)15(19)11-1-2-13-14(5-11)22-4-3-21-13/h1-2,5,12,18H,3-4,6-10H2/t12-,16-/m0/s1. The number of hydrogen-bond donors (Lipinski definition) is 1. The molecule has 0 aliphatic carbocycles. The molecule has 4 rings (SSSR count). The zero-order chi connectivity index (χ0) is 15.2. The molecule has 3 heterocycles. The maximum Gasteiger partial charge on any atom is 0.254 e. The molecule has 2 fully saturated rings. The third kappa shape index (κ3) is 2.06. The number of carbonyl (C=O) groups excluding carboxylic acids is 1. The van der Waals surface area contributed by atoms with Gasteiger partial charge in [0.1, 0.15) is 13.2 Å². The SMILES string of the molecule is O=C(c1ccc2c(c1)OCCO2)N1C[C@H]2COC[C@@]2(CO)C1. The fraction of sp³-hybridized carbons (Fsp3) is 0.562. The predicted octanol–water partition coefficient (Wildman–Crippen LogP) is 0.539. The first kappa shape index (κ1) is 13.8. The molecule has 118 valence electrons. The minimum atomic E-state index is -0.288. The molecular formula is C16H19NO5. The van der Waals surface area contributed by atoms with E-state index in [1.54, 1.807) is 18.2 Å². The Morgan fingerprint density at radius 3 is 2.91 bits per heavy atom. The lowest BCUT2D eigenvalue weighted by molar-refractivity contribution is 0.0630. The molecule has 6 nitrogen and oxygen atoms in total. The number of benzene rings is 1. The smallest absolute Gasteiger partial charge is 0.254 e. The average Bonchev–Trinajstić information content (AvgIpc) is 3.11. The van der Waals surface area contributed by atoms with Crippen LogP contribution in [0.4, 0.5) is 0 Å². The van der Waals surface area contributed by atoms with Crippen LogP contribution < -0.4 is 9.47 Å². The van der Waals surface area contributed by atoms with Crippen LogP contribution in [0.15, 0.2) is 18.2 Å². The van der Waals surface area contributed by atoms with Crippen LogP contribution in [0.3, 0.4) is 0 Å². The monoisotopic (exact) mass is 305 g/mol. The third-order valence-corrected chi connectivity index (χ3v) is 4.91. The van der Waals surface area contributed by atoms with Crippen LogP contribution in [0, 0.1) is 11.3 Å². The van der Waals surface area contributed by atoms with Gasteiger partial charge in [0, 0.05) is 30.0 Å². The topological polar surface area (TPSA) is 68.2 Å². The van der Waals surface area contributed by atoms with Crippen LogP contribution in [0.25, 0.3) is 0 Å². The lowest BCUT2D eigenvalue weighted by Gasteiger charge is -2.24. The van der Waals surface area contributed by atoms with Gasteiger partial charge in [0.05, 0.1) is 19.8 Å². The summed E-state index contributed by atoms with van der Waals surface area (Å²) in [6.07, 6.45) is 0. The van der Waals surface area contributed by atoms with E-state index in [9.17, 15) is 9.90 Å². The van der Waals surface area contributed by atoms with E-state index in [1.165, 1.54) is 0 Å². The molecule has 0 radical (unpaired) electrons. The van der Waals surface area contributed by atoms with Gasteiger partial charge in [0.25, 0.3) is 5.91 Å². The molecule has 0 saturated carbocycles. The van der Waals surface area contributed by atoms with Gasteiger partial charge >= 0.3 is 0 Å². The number of rotatable bonds is 2. The Balaban J connectivity index is 1.55. The second-order valence-corrected chi connectivity index (χ2v) is 6.28. The van der Waals surface area contributed by atoms with Gasteiger partial charge in [-0.25, -0.2) is 0 Å². The van der Waals surface area contributed by atoms with E-state index in [-0.39, 0.29) is 23.8 Å². The summed E-state index contributed by atoms with van der Waals surface area (Å²) in [6, 6.07) is 5.29. The van der Waals surface area contributed by atoms with E-state index in [0.717, 1.165) is 0 Å². The highest BCUT2D eigenvalue weighted by Gasteiger charge is 2.51. The molecule has 1 aromatic carbocycles. The minimum Gasteiger partial charge on any atom is -0.486 e. The molecule has 0 unspecified atom stereocenters. The zero-order valence-corrected chi connectivity index (χ0v) is 12.3. The highest BCUT2D eigenvalue weighted by Crippen LogP contribution is 2.41. The highest BCUT2D eigenvalue weighted by molar-refractivity contribution is 5.95. The van der Waals surface area contributed by atoms with Crippen LogP contribution in [-0.4, -0.2) is 62.0 Å². The maximum atomic E-state index is 12.7. The Kier molecular flexibility index (Phi) is 3.23. The van der Waals surface area contributed by atoms with Gasteiger partial charge in [0.15, 0.2) is 11.5 Å². The molecule has 2 atom stereocenters. The molecule has 22 heavy (non-hydrogen) atoms. The van der Waals surface area contributed by atoms with Gasteiger partial charge in [-0.05, 0) is 18.2 Å². The van der Waals surface area contributed by atoms with Crippen molar-refractivity contribution in [3.05, 3.63) is 23.8 Å². The largest absolute Gasteiger partial charge is 0.486 e. The van der Waals surface area contributed by atoms with E-state index in [0.29, 0.717) is 56.6 Å². The van der Waals surface area contributed by atoms with Crippen molar-refractivity contribution in [2.75, 3.05) is 46.1 Å². The molecule has 0 aromatic heterocycles. The lowest BCUT2D eigenvalue weighted by Crippen LogP contribution is -2.36. The Morgan fingerprint density at radius 1 is 1.32 bits per heavy atom. The van der Waals surface area contributed by atoms with Gasteiger partial charge < -0.3 is 24.2 Å². The van der Waals surface area contributed by atoms with Gasteiger partial charge in [-0.1, -0.05) is 0 Å². The first-order valence-electron chi connectivity index (χ1n) is 7.59. The quantitative estimate of drug-likeness (QED) is 0.864. The number of fused-ring (bicyclic) bond motifs is 2. The predicted molar refractivity (Wildman–Crippen MR) is 77.2 cm³/mol. The van der Waals surface area contributed by atoms with Crippen molar-refractivity contribution < 1.29 is 24.1 Å². The van der Waals surface area contributed by atoms with E-state index in [2.05, 4.69) is 0 Å². The fourth-order valence-corrected chi connectivity index (χ4v) is 3.57. The molecule has 0 bridgehead atoms. The van der Waals surface area contributed by atoms with Crippen molar-refractivity contribution in [2.24, 2.45) is 11.3 Å². The number of ether oxygens (including phenoxy) is 3. The molecule has 1 N–H and O–H groups in total. The Labute approximate surface area is 128 Å². The van der Waals surface area contributed by atoms with E-state index < -0.39 is 0 Å². The van der Waals surface area contributed by atoms with Gasteiger partial charge in [-0.15, -0.1) is 0 Å². The summed E-state index contributed by atoms with van der Waals surface area (Å²) in [7, 11) is 0. The molecule has 1 aromatic rings. The lowest BCUT2D eigenvalue weighted by atomic mass is 9.82. The minimum absolute atomic E-state index is 0.0285. The third-order valence-electron chi connectivity index (χ3n) is 4.91. The summed E-state index contributed by atoms with van der Waals surface area (Å²) in [6.45, 7) is 3.41. The van der Waals surface area contributed by atoms with Crippen molar-refractivity contribution >= 4 is 5.91 Å². The first-order valence-corrected chi connectivity index (χ1v) is 7.59. The van der Waals surface area contributed by atoms with Gasteiger partial charge in [0.2, 0.25) is 0 Å². The zero-order valence-electron chi connectivity index (χ0n) is 12.3. The molecule has 2 saturated heterocycles. The summed E-state index contributed by atoms with van der Waals surface area (Å²) in [5.41, 5.74) is 0.307. The second-order valence-electron chi connectivity index (χ2n) is 6.28. The van der Waals surface area contributed by atoms with Crippen LogP contribution in [0.1, 0.15) is 10.4 Å². The fourth-order valence-electron chi connectivity index (χ4n) is 3.57. The molecule has 1 amide bonds. The number of hydrogen-bond acceptors (Lipinski definition) is 5.